The van der Waals surface area contributed by atoms with Gasteiger partial charge in [-0.15, -0.1) is 12.9 Å². The van der Waals surface area contributed by atoms with Crippen LogP contribution < -0.4 is 0 Å². The highest BCUT2D eigenvalue weighted by molar-refractivity contribution is 7.80. The molecule has 0 N–H and O–H groups in total. The monoisotopic (exact) mass is 324 g/mol. The van der Waals surface area contributed by atoms with Gasteiger partial charge in [-0.05, 0) is 42.3 Å². The topological polar surface area (TPSA) is 46.8 Å². The zero-order valence-electron chi connectivity index (χ0n) is 11.2. The van der Waals surface area contributed by atoms with Gasteiger partial charge in [0.2, 0.25) is 7.51 Å². The van der Waals surface area contributed by atoms with E-state index in [1.165, 1.54) is 23.4 Å². The summed E-state index contributed by atoms with van der Waals surface area (Å²) >= 11 is 0. The smallest absolute Gasteiger partial charge is 0.246 e. The van der Waals surface area contributed by atoms with E-state index in [4.69, 9.17) is 0 Å². The van der Waals surface area contributed by atoms with Crippen LogP contribution in [-0.4, -0.2) is 56.3 Å². The molecule has 0 amide bonds. The number of hydrogen-bond acceptors (Lipinski definition) is 6. The molecule has 18 heavy (non-hydrogen) atoms. The SMILES string of the molecule is CN(C)P1(N(C)C)=N[P@](F)(N(C)C)=NP(F)(F)=N1. The summed E-state index contributed by atoms with van der Waals surface area (Å²) in [7, 11) is -3.06. The summed E-state index contributed by atoms with van der Waals surface area (Å²) in [4.78, 5) is 0. The Morgan fingerprint density at radius 1 is 0.667 bits per heavy atom. The van der Waals surface area contributed by atoms with Gasteiger partial charge < -0.3 is 0 Å². The van der Waals surface area contributed by atoms with Crippen LogP contribution in [0.15, 0.2) is 13.5 Å². The zero-order valence-corrected chi connectivity index (χ0v) is 13.8. The van der Waals surface area contributed by atoms with Crippen LogP contribution in [0, 0.1) is 0 Å². The van der Waals surface area contributed by atoms with Gasteiger partial charge in [0.25, 0.3) is 0 Å². The lowest BCUT2D eigenvalue weighted by atomic mass is 11.3. The Bertz CT molecular complexity index is 481. The van der Waals surface area contributed by atoms with Crippen LogP contribution in [0.1, 0.15) is 0 Å². The molecule has 6 nitrogen and oxygen atoms in total. The lowest BCUT2D eigenvalue weighted by Gasteiger charge is -2.36. The lowest BCUT2D eigenvalue weighted by Crippen LogP contribution is -2.20. The quantitative estimate of drug-likeness (QED) is 0.722. The minimum Gasteiger partial charge on any atom is -0.246 e. The van der Waals surface area contributed by atoms with Crippen LogP contribution >= 0.6 is 23.0 Å². The first-order chi connectivity index (χ1) is 7.95. The summed E-state index contributed by atoms with van der Waals surface area (Å²) in [5, 5.41) is 0. The first kappa shape index (κ1) is 16.4. The molecule has 1 heterocycles. The second-order valence-corrected chi connectivity index (χ2v) is 11.8. The van der Waals surface area contributed by atoms with Gasteiger partial charge >= 0.3 is 15.5 Å². The molecule has 12 heteroatoms. The average molecular weight is 324 g/mol. The van der Waals surface area contributed by atoms with Gasteiger partial charge in [-0.3, -0.25) is 0 Å². The van der Waals surface area contributed by atoms with Crippen LogP contribution in [0.2, 0.25) is 0 Å². The van der Waals surface area contributed by atoms with Crippen molar-refractivity contribution in [3.05, 3.63) is 0 Å². The van der Waals surface area contributed by atoms with Crippen LogP contribution in [0.3, 0.4) is 0 Å². The Morgan fingerprint density at radius 3 is 1.44 bits per heavy atom. The van der Waals surface area contributed by atoms with Crippen molar-refractivity contribution in [2.75, 3.05) is 42.3 Å². The van der Waals surface area contributed by atoms with Crippen molar-refractivity contribution in [2.24, 2.45) is 13.5 Å². The molecular formula is C6H18F3N6P3. The molecule has 1 atom stereocenters. The normalized spacial score (nSPS) is 30.0. The van der Waals surface area contributed by atoms with Gasteiger partial charge in [-0.25, -0.2) is 14.0 Å². The van der Waals surface area contributed by atoms with Crippen molar-refractivity contribution in [2.45, 2.75) is 0 Å². The van der Waals surface area contributed by atoms with Crippen molar-refractivity contribution in [1.82, 2.24) is 14.0 Å². The van der Waals surface area contributed by atoms with Crippen molar-refractivity contribution in [1.29, 1.82) is 0 Å². The van der Waals surface area contributed by atoms with Crippen LogP contribution in [0.5, 0.6) is 0 Å². The van der Waals surface area contributed by atoms with Crippen molar-refractivity contribution < 1.29 is 12.6 Å². The van der Waals surface area contributed by atoms with E-state index in [0.29, 0.717) is 0 Å². The summed E-state index contributed by atoms with van der Waals surface area (Å²) in [6, 6.07) is 0. The second kappa shape index (κ2) is 5.04. The maximum absolute atomic E-state index is 14.6. The lowest BCUT2D eigenvalue weighted by molar-refractivity contribution is 0.554. The van der Waals surface area contributed by atoms with E-state index in [1.54, 1.807) is 28.2 Å². The van der Waals surface area contributed by atoms with Crippen LogP contribution in [0.25, 0.3) is 0 Å². The summed E-state index contributed by atoms with van der Waals surface area (Å²) in [6.07, 6.45) is 0. The molecule has 0 saturated carbocycles. The zero-order chi connectivity index (χ0) is 14.4. The highest BCUT2D eigenvalue weighted by Gasteiger charge is 2.42. The first-order valence-electron chi connectivity index (χ1n) is 4.99. The average Bonchev–Trinajstić information content (AvgIpc) is 2.13. The second-order valence-electron chi connectivity index (χ2n) is 4.30. The van der Waals surface area contributed by atoms with Crippen molar-refractivity contribution >= 4 is 23.0 Å². The molecule has 1 aliphatic rings. The van der Waals surface area contributed by atoms with E-state index in [-0.39, 0.29) is 0 Å². The highest BCUT2D eigenvalue weighted by atomic mass is 31.3. The Balaban J connectivity index is 3.71. The molecule has 0 unspecified atom stereocenters. The van der Waals surface area contributed by atoms with E-state index < -0.39 is 23.0 Å². The van der Waals surface area contributed by atoms with E-state index in [0.717, 1.165) is 4.67 Å². The third-order valence-corrected chi connectivity index (χ3v) is 10.9. The Hall–Kier alpha value is 0.360. The number of halogens is 3. The molecule has 0 saturated heterocycles. The largest absolute Gasteiger partial charge is 0.422 e. The fourth-order valence-corrected chi connectivity index (χ4v) is 10.7. The first-order valence-corrected chi connectivity index (χ1v) is 9.60. The molecule has 0 aromatic heterocycles. The molecular weight excluding hydrogens is 306 g/mol. The van der Waals surface area contributed by atoms with Crippen LogP contribution in [-0.2, 0) is 0 Å². The molecule has 0 fully saturated rings. The van der Waals surface area contributed by atoms with E-state index >= 15 is 0 Å². The van der Waals surface area contributed by atoms with E-state index in [9.17, 15) is 12.6 Å². The third kappa shape index (κ3) is 2.92. The number of nitrogens with zero attached hydrogens (tertiary/aromatic N) is 6. The molecule has 0 aliphatic carbocycles. The predicted octanol–water partition coefficient (Wildman–Crippen LogP) is 4.43. The third-order valence-electron chi connectivity index (χ3n) is 2.27. The maximum atomic E-state index is 14.6. The molecule has 1 rings (SSSR count). The van der Waals surface area contributed by atoms with E-state index in [1.807, 2.05) is 0 Å². The Kier molecular flexibility index (Phi) is 4.60. The standard InChI is InChI=1S/C6H18F3N6P3/c1-13(2)17(9)10-16(7,8)11-18(12-17,14(3)4)15(5)6/h1-6H3/t17-/m1/s1. The molecule has 1 aliphatic heterocycles. The van der Waals surface area contributed by atoms with Gasteiger partial charge in [0, 0.05) is 0 Å². The van der Waals surface area contributed by atoms with Gasteiger partial charge in [0.15, 0.2) is 0 Å². The maximum Gasteiger partial charge on any atom is 0.422 e. The summed E-state index contributed by atoms with van der Waals surface area (Å²) in [6.45, 7) is 0. The van der Waals surface area contributed by atoms with Crippen molar-refractivity contribution in [3.63, 3.8) is 0 Å². The fourth-order valence-electron chi connectivity index (χ4n) is 1.33. The molecule has 0 aromatic carbocycles. The Morgan fingerprint density at radius 2 is 1.11 bits per heavy atom. The number of rotatable bonds is 3. The van der Waals surface area contributed by atoms with Gasteiger partial charge in [0.1, 0.15) is 0 Å². The summed E-state index contributed by atoms with van der Waals surface area (Å²) < 4.78 is 56.5. The van der Waals surface area contributed by atoms with Gasteiger partial charge in [0.05, 0.1) is 0 Å². The molecule has 0 radical (unpaired) electrons. The summed E-state index contributed by atoms with van der Waals surface area (Å²) in [5.41, 5.74) is 0. The molecule has 0 bridgehead atoms. The minimum absolute atomic E-state index is 1.04. The summed E-state index contributed by atoms with van der Waals surface area (Å²) in [5.74, 6) is 0. The van der Waals surface area contributed by atoms with Gasteiger partial charge in [-0.1, -0.05) is 0 Å². The Labute approximate surface area is 106 Å². The van der Waals surface area contributed by atoms with Crippen LogP contribution in [0.4, 0.5) is 12.6 Å². The van der Waals surface area contributed by atoms with Gasteiger partial charge in [-0.2, -0.15) is 13.2 Å². The minimum atomic E-state index is -4.99. The highest BCUT2D eigenvalue weighted by Crippen LogP contribution is 2.81. The van der Waals surface area contributed by atoms with E-state index in [2.05, 4.69) is 13.5 Å². The number of hydrogen-bond donors (Lipinski definition) is 0. The molecule has 108 valence electrons. The fraction of sp³-hybridized carbons (Fsp3) is 1.00. The molecule has 0 aromatic rings. The van der Waals surface area contributed by atoms with Crippen molar-refractivity contribution in [3.8, 4) is 0 Å². The molecule has 0 spiro atoms. The predicted molar refractivity (Wildman–Crippen MR) is 72.4 cm³/mol.